The van der Waals surface area contributed by atoms with Gasteiger partial charge in [0, 0.05) is 23.1 Å². The maximum Gasteiger partial charge on any atom is 0.161 e. The predicted molar refractivity (Wildman–Crippen MR) is 88.3 cm³/mol. The lowest BCUT2D eigenvalue weighted by Gasteiger charge is -2.12. The van der Waals surface area contributed by atoms with Crippen molar-refractivity contribution in [2.45, 2.75) is 19.9 Å². The first kappa shape index (κ1) is 14.3. The monoisotopic (exact) mass is 347 g/mol. The molecule has 2 aromatic rings. The summed E-state index contributed by atoms with van der Waals surface area (Å²) < 4.78 is 12.5. The van der Waals surface area contributed by atoms with E-state index in [1.54, 1.807) is 0 Å². The molecule has 0 radical (unpaired) electrons. The molecule has 1 aliphatic heterocycles. The van der Waals surface area contributed by atoms with Gasteiger partial charge in [0.1, 0.15) is 0 Å². The van der Waals surface area contributed by atoms with Crippen molar-refractivity contribution in [1.29, 1.82) is 0 Å². The van der Waals surface area contributed by atoms with Gasteiger partial charge in [-0.3, -0.25) is 0 Å². The summed E-state index contributed by atoms with van der Waals surface area (Å²) in [6, 6.07) is 12.3. The third-order valence-corrected chi connectivity index (χ3v) is 4.54. The lowest BCUT2D eigenvalue weighted by Crippen LogP contribution is -2.01. The Morgan fingerprint density at radius 1 is 1.10 bits per heavy atom. The van der Waals surface area contributed by atoms with Crippen LogP contribution in [-0.4, -0.2) is 13.2 Å². The van der Waals surface area contributed by atoms with Crippen molar-refractivity contribution in [2.75, 3.05) is 18.5 Å². The number of anilines is 1. The second-order valence-corrected chi connectivity index (χ2v) is 5.91. The number of nitrogens with one attached hydrogen (secondary N) is 1. The first-order valence-corrected chi connectivity index (χ1v) is 7.91. The maximum absolute atomic E-state index is 5.72. The third kappa shape index (κ3) is 3.32. The molecule has 3 rings (SSSR count). The normalized spacial score (nSPS) is 13.6. The van der Waals surface area contributed by atoms with E-state index in [1.165, 1.54) is 11.1 Å². The highest BCUT2D eigenvalue weighted by Crippen LogP contribution is 2.31. The van der Waals surface area contributed by atoms with Crippen molar-refractivity contribution < 1.29 is 9.47 Å². The lowest BCUT2D eigenvalue weighted by molar-refractivity contribution is 0.297. The summed E-state index contributed by atoms with van der Waals surface area (Å²) in [6.07, 6.45) is 0.929. The van der Waals surface area contributed by atoms with Crippen molar-refractivity contribution in [3.63, 3.8) is 0 Å². The number of hydrogen-bond donors (Lipinski definition) is 1. The van der Waals surface area contributed by atoms with E-state index in [0.29, 0.717) is 6.61 Å². The van der Waals surface area contributed by atoms with E-state index in [0.717, 1.165) is 41.2 Å². The second-order valence-electron chi connectivity index (χ2n) is 5.12. The van der Waals surface area contributed by atoms with Gasteiger partial charge in [-0.1, -0.05) is 18.2 Å². The topological polar surface area (TPSA) is 30.5 Å². The largest absolute Gasteiger partial charge is 0.490 e. The van der Waals surface area contributed by atoms with Gasteiger partial charge in [-0.15, -0.1) is 0 Å². The Kier molecular flexibility index (Phi) is 4.34. The van der Waals surface area contributed by atoms with Crippen molar-refractivity contribution in [3.8, 4) is 11.5 Å². The highest BCUT2D eigenvalue weighted by atomic mass is 79.9. The molecular weight excluding hydrogens is 330 g/mol. The number of hydrogen-bond acceptors (Lipinski definition) is 3. The summed E-state index contributed by atoms with van der Waals surface area (Å²) in [5, 5.41) is 3.45. The molecule has 0 saturated carbocycles. The van der Waals surface area contributed by atoms with Crippen LogP contribution in [0, 0.1) is 6.92 Å². The van der Waals surface area contributed by atoms with Gasteiger partial charge < -0.3 is 14.8 Å². The fourth-order valence-electron chi connectivity index (χ4n) is 2.30. The molecule has 0 spiro atoms. The SMILES string of the molecule is Cc1cccc(NCc2ccc3c(c2)OCCCO3)c1Br. The average molecular weight is 348 g/mol. The van der Waals surface area contributed by atoms with E-state index < -0.39 is 0 Å². The molecule has 0 amide bonds. The molecule has 0 fully saturated rings. The molecule has 4 heteroatoms. The Bertz CT molecular complexity index is 643. The summed E-state index contributed by atoms with van der Waals surface area (Å²) in [5.41, 5.74) is 3.49. The number of fused-ring (bicyclic) bond motifs is 1. The number of aryl methyl sites for hydroxylation is 1. The zero-order valence-corrected chi connectivity index (χ0v) is 13.6. The smallest absolute Gasteiger partial charge is 0.161 e. The van der Waals surface area contributed by atoms with Crippen LogP contribution in [0.25, 0.3) is 0 Å². The Morgan fingerprint density at radius 2 is 1.90 bits per heavy atom. The van der Waals surface area contributed by atoms with Crippen LogP contribution >= 0.6 is 15.9 Å². The van der Waals surface area contributed by atoms with Crippen LogP contribution in [0.5, 0.6) is 11.5 Å². The predicted octanol–water partition coefficient (Wildman–Crippen LogP) is 4.53. The summed E-state index contributed by atoms with van der Waals surface area (Å²) in [4.78, 5) is 0. The number of ether oxygens (including phenoxy) is 2. The Labute approximate surface area is 133 Å². The zero-order valence-electron chi connectivity index (χ0n) is 12.0. The molecule has 0 saturated heterocycles. The minimum atomic E-state index is 0.716. The Hall–Kier alpha value is -1.68. The number of rotatable bonds is 3. The summed E-state index contributed by atoms with van der Waals surface area (Å²) in [7, 11) is 0. The van der Waals surface area contributed by atoms with Gasteiger partial charge in [-0.25, -0.2) is 0 Å². The minimum Gasteiger partial charge on any atom is -0.490 e. The van der Waals surface area contributed by atoms with E-state index >= 15 is 0 Å². The van der Waals surface area contributed by atoms with Crippen LogP contribution in [-0.2, 0) is 6.54 Å². The number of halogens is 1. The summed E-state index contributed by atoms with van der Waals surface area (Å²) in [6.45, 7) is 4.27. The van der Waals surface area contributed by atoms with E-state index in [-0.39, 0.29) is 0 Å². The van der Waals surface area contributed by atoms with Crippen LogP contribution in [0.2, 0.25) is 0 Å². The first-order valence-electron chi connectivity index (χ1n) is 7.11. The standard InChI is InChI=1S/C17H18BrNO2/c1-12-4-2-5-14(17(12)18)19-11-13-6-7-15-16(10-13)21-9-3-8-20-15/h2,4-7,10,19H,3,8-9,11H2,1H3. The highest BCUT2D eigenvalue weighted by Gasteiger charge is 2.10. The van der Waals surface area contributed by atoms with Crippen molar-refractivity contribution in [3.05, 3.63) is 52.0 Å². The first-order chi connectivity index (χ1) is 10.2. The van der Waals surface area contributed by atoms with Crippen molar-refractivity contribution in [2.24, 2.45) is 0 Å². The number of benzene rings is 2. The second kappa shape index (κ2) is 6.39. The van der Waals surface area contributed by atoms with Gasteiger partial charge in [0.2, 0.25) is 0 Å². The molecule has 0 atom stereocenters. The Balaban J connectivity index is 1.73. The van der Waals surface area contributed by atoms with Gasteiger partial charge in [-0.2, -0.15) is 0 Å². The fraction of sp³-hybridized carbons (Fsp3) is 0.294. The maximum atomic E-state index is 5.72. The van der Waals surface area contributed by atoms with E-state index in [2.05, 4.69) is 58.5 Å². The molecule has 1 N–H and O–H groups in total. The molecule has 3 nitrogen and oxygen atoms in total. The minimum absolute atomic E-state index is 0.716. The van der Waals surface area contributed by atoms with Crippen LogP contribution < -0.4 is 14.8 Å². The van der Waals surface area contributed by atoms with Gasteiger partial charge in [-0.05, 0) is 52.2 Å². The summed E-state index contributed by atoms with van der Waals surface area (Å²) >= 11 is 3.62. The molecule has 0 unspecified atom stereocenters. The van der Waals surface area contributed by atoms with Gasteiger partial charge in [0.05, 0.1) is 13.2 Å². The van der Waals surface area contributed by atoms with Crippen molar-refractivity contribution >= 4 is 21.6 Å². The van der Waals surface area contributed by atoms with Crippen LogP contribution in [0.1, 0.15) is 17.5 Å². The van der Waals surface area contributed by atoms with E-state index in [1.807, 2.05) is 6.07 Å². The quantitative estimate of drug-likeness (QED) is 0.884. The molecule has 1 aliphatic rings. The van der Waals surface area contributed by atoms with E-state index in [4.69, 9.17) is 9.47 Å². The molecule has 0 aliphatic carbocycles. The summed E-state index contributed by atoms with van der Waals surface area (Å²) in [5.74, 6) is 1.68. The zero-order chi connectivity index (χ0) is 14.7. The average Bonchev–Trinajstić information content (AvgIpc) is 2.73. The van der Waals surface area contributed by atoms with Gasteiger partial charge in [0.25, 0.3) is 0 Å². The molecule has 2 aromatic carbocycles. The van der Waals surface area contributed by atoms with Crippen LogP contribution in [0.15, 0.2) is 40.9 Å². The molecule has 0 bridgehead atoms. The van der Waals surface area contributed by atoms with Crippen LogP contribution in [0.3, 0.4) is 0 Å². The third-order valence-electron chi connectivity index (χ3n) is 3.49. The lowest BCUT2D eigenvalue weighted by atomic mass is 10.2. The highest BCUT2D eigenvalue weighted by molar-refractivity contribution is 9.10. The molecule has 110 valence electrons. The molecule has 1 heterocycles. The molecular formula is C17H18BrNO2. The van der Waals surface area contributed by atoms with E-state index in [9.17, 15) is 0 Å². The van der Waals surface area contributed by atoms with Gasteiger partial charge in [0.15, 0.2) is 11.5 Å². The van der Waals surface area contributed by atoms with Gasteiger partial charge >= 0.3 is 0 Å². The Morgan fingerprint density at radius 3 is 2.76 bits per heavy atom. The fourth-order valence-corrected chi connectivity index (χ4v) is 2.70. The van der Waals surface area contributed by atoms with Crippen LogP contribution in [0.4, 0.5) is 5.69 Å². The molecule has 21 heavy (non-hydrogen) atoms. The van der Waals surface area contributed by atoms with Crippen molar-refractivity contribution in [1.82, 2.24) is 0 Å². The molecule has 0 aromatic heterocycles.